The van der Waals surface area contributed by atoms with Crippen molar-refractivity contribution in [1.29, 1.82) is 0 Å². The fourth-order valence-corrected chi connectivity index (χ4v) is 1.98. The largest absolute Gasteiger partial charge is 0.354 e. The van der Waals surface area contributed by atoms with Crippen LogP contribution in [0.4, 0.5) is 0 Å². The van der Waals surface area contributed by atoms with Crippen molar-refractivity contribution in [3.63, 3.8) is 0 Å². The molecule has 0 aromatic rings. The predicted octanol–water partition coefficient (Wildman–Crippen LogP) is 2.31. The summed E-state index contributed by atoms with van der Waals surface area (Å²) >= 11 is 0. The van der Waals surface area contributed by atoms with Gasteiger partial charge in [-0.15, -0.1) is 0 Å². The molecule has 0 bridgehead atoms. The third kappa shape index (κ3) is 8.72. The Morgan fingerprint density at radius 3 is 2.00 bits per heavy atom. The van der Waals surface area contributed by atoms with Crippen molar-refractivity contribution in [2.24, 2.45) is 5.92 Å². The first-order valence-electron chi connectivity index (χ1n) is 6.36. The van der Waals surface area contributed by atoms with Crippen molar-refractivity contribution < 1.29 is 4.79 Å². The van der Waals surface area contributed by atoms with Gasteiger partial charge in [-0.2, -0.15) is 0 Å². The lowest BCUT2D eigenvalue weighted by molar-refractivity contribution is -0.122. The molecule has 0 aliphatic heterocycles. The molecule has 0 fully saturated rings. The SMILES string of the molecule is CC(C)CC(C)NC(C)CC(=O)NC(C)C. The van der Waals surface area contributed by atoms with E-state index in [4.69, 9.17) is 0 Å². The summed E-state index contributed by atoms with van der Waals surface area (Å²) in [5, 5.41) is 6.36. The van der Waals surface area contributed by atoms with Gasteiger partial charge in [-0.05, 0) is 40.0 Å². The molecule has 0 spiro atoms. The number of hydrogen-bond acceptors (Lipinski definition) is 2. The van der Waals surface area contributed by atoms with Gasteiger partial charge >= 0.3 is 0 Å². The highest BCUT2D eigenvalue weighted by Gasteiger charge is 2.12. The van der Waals surface area contributed by atoms with Crippen LogP contribution < -0.4 is 10.6 Å². The summed E-state index contributed by atoms with van der Waals surface area (Å²) in [4.78, 5) is 11.5. The predicted molar refractivity (Wildman–Crippen MR) is 69.4 cm³/mol. The summed E-state index contributed by atoms with van der Waals surface area (Å²) in [7, 11) is 0. The summed E-state index contributed by atoms with van der Waals surface area (Å²) in [6, 6.07) is 0.946. The highest BCUT2D eigenvalue weighted by Crippen LogP contribution is 2.05. The maximum Gasteiger partial charge on any atom is 0.221 e. The van der Waals surface area contributed by atoms with E-state index < -0.39 is 0 Å². The van der Waals surface area contributed by atoms with E-state index in [9.17, 15) is 4.79 Å². The fraction of sp³-hybridized carbons (Fsp3) is 0.923. The molecule has 2 N–H and O–H groups in total. The Labute approximate surface area is 100 Å². The van der Waals surface area contributed by atoms with Crippen molar-refractivity contribution >= 4 is 5.91 Å². The fourth-order valence-electron chi connectivity index (χ4n) is 1.98. The zero-order valence-electron chi connectivity index (χ0n) is 11.6. The average molecular weight is 228 g/mol. The third-order valence-electron chi connectivity index (χ3n) is 2.34. The van der Waals surface area contributed by atoms with Gasteiger partial charge in [-0.1, -0.05) is 13.8 Å². The average Bonchev–Trinajstić information content (AvgIpc) is 1.97. The Balaban J connectivity index is 3.80. The van der Waals surface area contributed by atoms with Crippen molar-refractivity contribution in [1.82, 2.24) is 10.6 Å². The minimum Gasteiger partial charge on any atom is -0.354 e. The molecular formula is C13H28N2O. The zero-order chi connectivity index (χ0) is 12.7. The van der Waals surface area contributed by atoms with Crippen LogP contribution in [0.15, 0.2) is 0 Å². The number of carbonyl (C=O) groups excluding carboxylic acids is 1. The Morgan fingerprint density at radius 2 is 1.56 bits per heavy atom. The molecule has 0 heterocycles. The Bertz CT molecular complexity index is 202. The summed E-state index contributed by atoms with van der Waals surface area (Å²) in [6.07, 6.45) is 1.71. The van der Waals surface area contributed by atoms with Crippen LogP contribution in [0.1, 0.15) is 54.4 Å². The minimum absolute atomic E-state index is 0.131. The second-order valence-electron chi connectivity index (χ2n) is 5.52. The first-order valence-corrected chi connectivity index (χ1v) is 6.36. The van der Waals surface area contributed by atoms with Gasteiger partial charge in [0, 0.05) is 24.5 Å². The van der Waals surface area contributed by atoms with Crippen molar-refractivity contribution in [2.45, 2.75) is 72.5 Å². The number of hydrogen-bond donors (Lipinski definition) is 2. The topological polar surface area (TPSA) is 41.1 Å². The molecule has 0 aliphatic rings. The van der Waals surface area contributed by atoms with Gasteiger partial charge in [0.2, 0.25) is 5.91 Å². The monoisotopic (exact) mass is 228 g/mol. The highest BCUT2D eigenvalue weighted by atomic mass is 16.1. The second-order valence-corrected chi connectivity index (χ2v) is 5.52. The normalized spacial score (nSPS) is 15.2. The lowest BCUT2D eigenvalue weighted by Gasteiger charge is -2.21. The van der Waals surface area contributed by atoms with E-state index >= 15 is 0 Å². The molecule has 3 heteroatoms. The van der Waals surface area contributed by atoms with Gasteiger partial charge in [0.05, 0.1) is 0 Å². The van der Waals surface area contributed by atoms with Gasteiger partial charge in [-0.3, -0.25) is 4.79 Å². The molecule has 2 unspecified atom stereocenters. The smallest absolute Gasteiger partial charge is 0.221 e. The van der Waals surface area contributed by atoms with Crippen LogP contribution in [0.5, 0.6) is 0 Å². The van der Waals surface area contributed by atoms with Gasteiger partial charge in [0.25, 0.3) is 0 Å². The molecule has 2 atom stereocenters. The van der Waals surface area contributed by atoms with E-state index in [-0.39, 0.29) is 18.0 Å². The van der Waals surface area contributed by atoms with E-state index in [0.717, 1.165) is 6.42 Å². The molecule has 0 saturated carbocycles. The molecule has 3 nitrogen and oxygen atoms in total. The Kier molecular flexibility index (Phi) is 7.39. The van der Waals surface area contributed by atoms with E-state index in [1.165, 1.54) is 0 Å². The maximum atomic E-state index is 11.5. The van der Waals surface area contributed by atoms with Crippen LogP contribution in [-0.2, 0) is 4.79 Å². The number of carbonyl (C=O) groups is 1. The molecule has 96 valence electrons. The lowest BCUT2D eigenvalue weighted by atomic mass is 10.0. The number of nitrogens with one attached hydrogen (secondary N) is 2. The Hall–Kier alpha value is -0.570. The standard InChI is InChI=1S/C13H28N2O/c1-9(2)7-11(5)15-12(6)8-13(16)14-10(3)4/h9-12,15H,7-8H2,1-6H3,(H,14,16). The van der Waals surface area contributed by atoms with Gasteiger partial charge in [0.15, 0.2) is 0 Å². The van der Waals surface area contributed by atoms with Gasteiger partial charge in [0.1, 0.15) is 0 Å². The van der Waals surface area contributed by atoms with E-state index in [1.807, 2.05) is 13.8 Å². The molecule has 0 aromatic carbocycles. The quantitative estimate of drug-likeness (QED) is 0.702. The summed E-state index contributed by atoms with van der Waals surface area (Å²) < 4.78 is 0. The molecular weight excluding hydrogens is 200 g/mol. The van der Waals surface area contributed by atoms with Gasteiger partial charge < -0.3 is 10.6 Å². The van der Waals surface area contributed by atoms with E-state index in [1.54, 1.807) is 0 Å². The second kappa shape index (κ2) is 7.66. The van der Waals surface area contributed by atoms with Crippen LogP contribution in [0.3, 0.4) is 0 Å². The maximum absolute atomic E-state index is 11.5. The first-order chi connectivity index (χ1) is 7.31. The molecule has 0 aromatic heterocycles. The van der Waals surface area contributed by atoms with Crippen LogP contribution in [-0.4, -0.2) is 24.0 Å². The van der Waals surface area contributed by atoms with Crippen molar-refractivity contribution in [2.75, 3.05) is 0 Å². The molecule has 0 aliphatic carbocycles. The molecule has 1 amide bonds. The number of amides is 1. The van der Waals surface area contributed by atoms with E-state index in [0.29, 0.717) is 18.4 Å². The van der Waals surface area contributed by atoms with Crippen LogP contribution in [0, 0.1) is 5.92 Å². The van der Waals surface area contributed by atoms with Crippen molar-refractivity contribution in [3.05, 3.63) is 0 Å². The lowest BCUT2D eigenvalue weighted by Crippen LogP contribution is -2.40. The molecule has 0 saturated heterocycles. The minimum atomic E-state index is 0.131. The third-order valence-corrected chi connectivity index (χ3v) is 2.34. The summed E-state index contributed by atoms with van der Waals surface area (Å²) in [6.45, 7) is 12.6. The van der Waals surface area contributed by atoms with E-state index in [2.05, 4.69) is 38.3 Å². The van der Waals surface area contributed by atoms with Crippen LogP contribution >= 0.6 is 0 Å². The molecule has 0 radical (unpaired) electrons. The number of rotatable bonds is 7. The van der Waals surface area contributed by atoms with Crippen molar-refractivity contribution in [3.8, 4) is 0 Å². The molecule has 16 heavy (non-hydrogen) atoms. The zero-order valence-corrected chi connectivity index (χ0v) is 11.6. The summed E-state index contributed by atoms with van der Waals surface area (Å²) in [5.41, 5.74) is 0. The Morgan fingerprint density at radius 1 is 1.00 bits per heavy atom. The summed E-state index contributed by atoms with van der Waals surface area (Å²) in [5.74, 6) is 0.825. The highest BCUT2D eigenvalue weighted by molar-refractivity contribution is 5.76. The first kappa shape index (κ1) is 15.4. The van der Waals surface area contributed by atoms with Gasteiger partial charge in [-0.25, -0.2) is 0 Å². The molecule has 0 rings (SSSR count). The van der Waals surface area contributed by atoms with Crippen LogP contribution in [0.25, 0.3) is 0 Å². The van der Waals surface area contributed by atoms with Crippen LogP contribution in [0.2, 0.25) is 0 Å².